The molecule has 0 saturated carbocycles. The second-order valence-corrected chi connectivity index (χ2v) is 6.93. The summed E-state index contributed by atoms with van der Waals surface area (Å²) < 4.78 is 16.3. The van der Waals surface area contributed by atoms with Gasteiger partial charge >= 0.3 is 0 Å². The predicted octanol–water partition coefficient (Wildman–Crippen LogP) is 2.95. The summed E-state index contributed by atoms with van der Waals surface area (Å²) in [6.45, 7) is 3.76. The largest absolute Gasteiger partial charge is 0.497 e. The molecule has 1 atom stereocenters. The molecule has 1 unspecified atom stereocenters. The molecule has 1 N–H and O–H groups in total. The lowest BCUT2D eigenvalue weighted by atomic mass is 9.91. The molecule has 0 fully saturated rings. The highest BCUT2D eigenvalue weighted by Gasteiger charge is 2.29. The number of carbonyl (C=O) groups is 1. The van der Waals surface area contributed by atoms with Gasteiger partial charge < -0.3 is 19.5 Å². The zero-order valence-electron chi connectivity index (χ0n) is 17.0. The molecule has 1 aliphatic rings. The molecule has 0 radical (unpaired) electrons. The Kier molecular flexibility index (Phi) is 6.41. The van der Waals surface area contributed by atoms with Gasteiger partial charge in [0.25, 0.3) is 0 Å². The number of methoxy groups -OCH3 is 3. The first-order valence-electron chi connectivity index (χ1n) is 9.42. The minimum atomic E-state index is -0.0334. The van der Waals surface area contributed by atoms with Gasteiger partial charge in [0.2, 0.25) is 5.91 Å². The maximum absolute atomic E-state index is 11.6. The number of nitrogens with zero attached hydrogens (tertiary/aromatic N) is 1. The zero-order valence-corrected chi connectivity index (χ0v) is 17.0. The van der Waals surface area contributed by atoms with Crippen molar-refractivity contribution >= 4 is 5.91 Å². The number of hydrogen-bond donors (Lipinski definition) is 1. The molecular weight excluding hydrogens is 356 g/mol. The second kappa shape index (κ2) is 8.97. The fourth-order valence-corrected chi connectivity index (χ4v) is 3.75. The summed E-state index contributed by atoms with van der Waals surface area (Å²) in [6.07, 6.45) is 0.913. The number of hydrogen-bond acceptors (Lipinski definition) is 5. The van der Waals surface area contributed by atoms with Crippen molar-refractivity contribution in [2.75, 3.05) is 34.4 Å². The molecule has 1 heterocycles. The Morgan fingerprint density at radius 2 is 1.86 bits per heavy atom. The van der Waals surface area contributed by atoms with E-state index >= 15 is 0 Å². The highest BCUT2D eigenvalue weighted by Crippen LogP contribution is 2.38. The normalized spacial score (nSPS) is 16.2. The van der Waals surface area contributed by atoms with Crippen LogP contribution in [0.1, 0.15) is 29.7 Å². The molecule has 150 valence electrons. The monoisotopic (exact) mass is 384 g/mol. The lowest BCUT2D eigenvalue weighted by Gasteiger charge is -2.38. The average molecular weight is 384 g/mol. The van der Waals surface area contributed by atoms with Crippen molar-refractivity contribution in [1.29, 1.82) is 0 Å². The van der Waals surface area contributed by atoms with Crippen LogP contribution in [-0.4, -0.2) is 45.2 Å². The molecule has 6 nitrogen and oxygen atoms in total. The standard InChI is InChI=1S/C22H28N2O4/c1-15(25)23-13-20-19-12-22(28-4)21(27-3)11-17(19)8-9-24(20)14-16-6-5-7-18(10-16)26-2/h5-7,10-12,20H,8-9,13-14H2,1-4H3,(H,23,25). The summed E-state index contributed by atoms with van der Waals surface area (Å²) in [7, 11) is 4.97. The Morgan fingerprint density at radius 3 is 2.54 bits per heavy atom. The van der Waals surface area contributed by atoms with Crippen molar-refractivity contribution in [3.8, 4) is 17.2 Å². The quantitative estimate of drug-likeness (QED) is 0.795. The van der Waals surface area contributed by atoms with E-state index in [1.807, 2.05) is 18.2 Å². The van der Waals surface area contributed by atoms with Gasteiger partial charge in [-0.1, -0.05) is 12.1 Å². The molecule has 3 rings (SSSR count). The van der Waals surface area contributed by atoms with Crippen LogP contribution in [0.4, 0.5) is 0 Å². The van der Waals surface area contributed by atoms with E-state index < -0.39 is 0 Å². The van der Waals surface area contributed by atoms with Crippen LogP contribution in [0.25, 0.3) is 0 Å². The van der Waals surface area contributed by atoms with Crippen molar-refractivity contribution in [2.24, 2.45) is 0 Å². The predicted molar refractivity (Wildman–Crippen MR) is 108 cm³/mol. The van der Waals surface area contributed by atoms with Gasteiger partial charge in [-0.2, -0.15) is 0 Å². The fourth-order valence-electron chi connectivity index (χ4n) is 3.75. The van der Waals surface area contributed by atoms with Crippen LogP contribution in [0.5, 0.6) is 17.2 Å². The number of nitrogens with one attached hydrogen (secondary N) is 1. The summed E-state index contributed by atoms with van der Waals surface area (Å²) >= 11 is 0. The van der Waals surface area contributed by atoms with Crippen LogP contribution < -0.4 is 19.5 Å². The average Bonchev–Trinajstić information content (AvgIpc) is 2.71. The summed E-state index contributed by atoms with van der Waals surface area (Å²) in [5.41, 5.74) is 3.58. The molecule has 0 spiro atoms. The van der Waals surface area contributed by atoms with Crippen molar-refractivity contribution in [3.63, 3.8) is 0 Å². The van der Waals surface area contributed by atoms with Crippen LogP contribution in [0.15, 0.2) is 36.4 Å². The second-order valence-electron chi connectivity index (χ2n) is 6.93. The van der Waals surface area contributed by atoms with Crippen LogP contribution in [-0.2, 0) is 17.8 Å². The van der Waals surface area contributed by atoms with E-state index in [-0.39, 0.29) is 11.9 Å². The van der Waals surface area contributed by atoms with E-state index in [0.29, 0.717) is 12.3 Å². The maximum Gasteiger partial charge on any atom is 0.216 e. The first kappa shape index (κ1) is 20.0. The number of ether oxygens (including phenoxy) is 3. The number of amides is 1. The molecule has 1 aliphatic heterocycles. The molecule has 0 aromatic heterocycles. The van der Waals surface area contributed by atoms with E-state index in [9.17, 15) is 4.79 Å². The number of benzene rings is 2. The van der Waals surface area contributed by atoms with E-state index in [1.54, 1.807) is 28.3 Å². The molecule has 28 heavy (non-hydrogen) atoms. The summed E-state index contributed by atoms with van der Waals surface area (Å²) in [5.74, 6) is 2.26. The number of rotatable bonds is 7. The molecule has 2 aromatic carbocycles. The number of fused-ring (bicyclic) bond motifs is 1. The molecular formula is C22H28N2O4. The highest BCUT2D eigenvalue weighted by atomic mass is 16.5. The highest BCUT2D eigenvalue weighted by molar-refractivity contribution is 5.72. The zero-order chi connectivity index (χ0) is 20.1. The van der Waals surface area contributed by atoms with Crippen LogP contribution in [0, 0.1) is 0 Å². The first-order chi connectivity index (χ1) is 13.5. The van der Waals surface area contributed by atoms with Crippen molar-refractivity contribution in [2.45, 2.75) is 25.9 Å². The number of carbonyl (C=O) groups excluding carboxylic acids is 1. The van der Waals surface area contributed by atoms with E-state index in [0.717, 1.165) is 31.0 Å². The van der Waals surface area contributed by atoms with Gasteiger partial charge in [-0.15, -0.1) is 0 Å². The lowest BCUT2D eigenvalue weighted by Crippen LogP contribution is -2.41. The molecule has 0 saturated heterocycles. The summed E-state index contributed by atoms with van der Waals surface area (Å²) in [6, 6.07) is 12.3. The summed E-state index contributed by atoms with van der Waals surface area (Å²) in [5, 5.41) is 2.98. The Labute approximate surface area is 166 Å². The molecule has 1 amide bonds. The van der Waals surface area contributed by atoms with Crippen molar-refractivity contribution in [3.05, 3.63) is 53.1 Å². The smallest absolute Gasteiger partial charge is 0.216 e. The summed E-state index contributed by atoms with van der Waals surface area (Å²) in [4.78, 5) is 14.0. The molecule has 0 aliphatic carbocycles. The van der Waals surface area contributed by atoms with Crippen LogP contribution in [0.3, 0.4) is 0 Å². The first-order valence-corrected chi connectivity index (χ1v) is 9.42. The Balaban J connectivity index is 1.93. The molecule has 6 heteroatoms. The van der Waals surface area contributed by atoms with E-state index in [1.165, 1.54) is 16.7 Å². The van der Waals surface area contributed by atoms with Crippen molar-refractivity contribution in [1.82, 2.24) is 10.2 Å². The van der Waals surface area contributed by atoms with Crippen LogP contribution in [0.2, 0.25) is 0 Å². The van der Waals surface area contributed by atoms with Gasteiger partial charge in [-0.25, -0.2) is 0 Å². The van der Waals surface area contributed by atoms with Gasteiger partial charge in [-0.05, 0) is 47.4 Å². The van der Waals surface area contributed by atoms with Gasteiger partial charge in [-0.3, -0.25) is 9.69 Å². The lowest BCUT2D eigenvalue weighted by molar-refractivity contribution is -0.119. The SMILES string of the molecule is COc1cccc(CN2CCc3cc(OC)c(OC)cc3C2CNC(C)=O)c1. The van der Waals surface area contributed by atoms with Gasteiger partial charge in [0.1, 0.15) is 5.75 Å². The van der Waals surface area contributed by atoms with Gasteiger partial charge in [0.15, 0.2) is 11.5 Å². The topological polar surface area (TPSA) is 60.0 Å². The fraction of sp³-hybridized carbons (Fsp3) is 0.409. The van der Waals surface area contributed by atoms with Crippen LogP contribution >= 0.6 is 0 Å². The maximum atomic E-state index is 11.6. The Bertz CT molecular complexity index is 837. The van der Waals surface area contributed by atoms with Gasteiger partial charge in [0, 0.05) is 26.6 Å². The Hall–Kier alpha value is -2.73. The third kappa shape index (κ3) is 4.39. The van der Waals surface area contributed by atoms with Gasteiger partial charge in [0.05, 0.1) is 27.4 Å². The third-order valence-corrected chi connectivity index (χ3v) is 5.18. The molecule has 0 bridgehead atoms. The van der Waals surface area contributed by atoms with E-state index in [4.69, 9.17) is 14.2 Å². The van der Waals surface area contributed by atoms with Crippen molar-refractivity contribution < 1.29 is 19.0 Å². The minimum absolute atomic E-state index is 0.0334. The van der Waals surface area contributed by atoms with E-state index in [2.05, 4.69) is 28.4 Å². The minimum Gasteiger partial charge on any atom is -0.497 e. The molecule has 2 aromatic rings. The third-order valence-electron chi connectivity index (χ3n) is 5.18. The Morgan fingerprint density at radius 1 is 1.11 bits per heavy atom.